The number of fused-ring (bicyclic) bond motifs is 1. The maximum atomic E-state index is 13.2. The summed E-state index contributed by atoms with van der Waals surface area (Å²) in [5.41, 5.74) is 2.22. The summed E-state index contributed by atoms with van der Waals surface area (Å²) < 4.78 is 0. The predicted molar refractivity (Wildman–Crippen MR) is 133 cm³/mol. The van der Waals surface area contributed by atoms with Gasteiger partial charge in [-0.25, -0.2) is 9.78 Å². The van der Waals surface area contributed by atoms with Crippen LogP contribution in [0.3, 0.4) is 0 Å². The van der Waals surface area contributed by atoms with E-state index >= 15 is 0 Å². The number of carboxylic acid groups (broad SMARTS) is 1. The van der Waals surface area contributed by atoms with Gasteiger partial charge in [0.25, 0.3) is 0 Å². The van der Waals surface area contributed by atoms with Crippen molar-refractivity contribution < 1.29 is 14.7 Å². The number of rotatable bonds is 11. The van der Waals surface area contributed by atoms with E-state index in [0.717, 1.165) is 82.3 Å². The SMILES string of the molecule is O=C(O)C(CCCCCCCc1ccc2c(n1)NCCC2)NC(=O)C12CC3CC(CC(C3)C1)C2. The topological polar surface area (TPSA) is 91.3 Å². The number of carboxylic acids is 1. The fourth-order valence-electron chi connectivity index (χ4n) is 7.65. The molecule has 0 spiro atoms. The molecule has 1 unspecified atom stereocenters. The molecule has 6 nitrogen and oxygen atoms in total. The minimum atomic E-state index is -0.884. The normalized spacial score (nSPS) is 29.8. The Morgan fingerprint density at radius 2 is 1.71 bits per heavy atom. The van der Waals surface area contributed by atoms with Crippen molar-refractivity contribution in [3.63, 3.8) is 0 Å². The fraction of sp³-hybridized carbons (Fsp3) is 0.750. The number of hydrogen-bond donors (Lipinski definition) is 3. The molecule has 0 radical (unpaired) electrons. The highest BCUT2D eigenvalue weighted by Crippen LogP contribution is 2.60. The monoisotopic (exact) mass is 467 g/mol. The van der Waals surface area contributed by atoms with Gasteiger partial charge in [0, 0.05) is 17.7 Å². The van der Waals surface area contributed by atoms with Gasteiger partial charge in [0.05, 0.1) is 0 Å². The Balaban J connectivity index is 1.01. The first kappa shape index (κ1) is 23.6. The summed E-state index contributed by atoms with van der Waals surface area (Å²) in [6, 6.07) is 3.64. The molecular formula is C28H41N3O3. The van der Waals surface area contributed by atoms with Gasteiger partial charge in [-0.1, -0.05) is 31.7 Å². The number of nitrogens with one attached hydrogen (secondary N) is 2. The molecule has 1 amide bonds. The molecule has 4 bridgehead atoms. The standard InChI is InChI=1S/C28H41N3O3/c32-26(33)24(31-27(34)28-16-19-13-20(17-28)15-21(14-19)18-28)9-5-3-1-2-4-8-23-11-10-22-7-6-12-29-25(22)30-23/h10-11,19-21,24H,1-9,12-18H2,(H,29,30)(H,31,34)(H,32,33). The van der Waals surface area contributed by atoms with Gasteiger partial charge in [0.2, 0.25) is 5.91 Å². The summed E-state index contributed by atoms with van der Waals surface area (Å²) in [6.45, 7) is 1.02. The van der Waals surface area contributed by atoms with E-state index in [9.17, 15) is 14.7 Å². The molecule has 4 aliphatic carbocycles. The Morgan fingerprint density at radius 3 is 2.41 bits per heavy atom. The number of amides is 1. The third kappa shape index (κ3) is 5.26. The van der Waals surface area contributed by atoms with Crippen LogP contribution in [0.5, 0.6) is 0 Å². The maximum absolute atomic E-state index is 13.2. The van der Waals surface area contributed by atoms with Crippen LogP contribution in [0.4, 0.5) is 5.82 Å². The van der Waals surface area contributed by atoms with Crippen LogP contribution in [-0.2, 0) is 22.4 Å². The molecule has 4 fully saturated rings. The van der Waals surface area contributed by atoms with Crippen LogP contribution >= 0.6 is 0 Å². The Kier molecular flexibility index (Phi) is 7.12. The first-order chi connectivity index (χ1) is 16.5. The zero-order chi connectivity index (χ0) is 23.5. The van der Waals surface area contributed by atoms with Crippen molar-refractivity contribution in [3.8, 4) is 0 Å². The smallest absolute Gasteiger partial charge is 0.326 e. The van der Waals surface area contributed by atoms with Crippen LogP contribution in [0.15, 0.2) is 12.1 Å². The van der Waals surface area contributed by atoms with Gasteiger partial charge >= 0.3 is 5.97 Å². The maximum Gasteiger partial charge on any atom is 0.326 e. The lowest BCUT2D eigenvalue weighted by Gasteiger charge is -2.55. The number of aryl methyl sites for hydroxylation is 2. The van der Waals surface area contributed by atoms with Crippen LogP contribution in [0.25, 0.3) is 0 Å². The van der Waals surface area contributed by atoms with E-state index in [1.807, 2.05) is 0 Å². The number of aromatic nitrogens is 1. The average Bonchev–Trinajstić information content (AvgIpc) is 2.81. The van der Waals surface area contributed by atoms with Crippen molar-refractivity contribution >= 4 is 17.7 Å². The Hall–Kier alpha value is -2.11. The second-order valence-electron chi connectivity index (χ2n) is 11.7. The molecule has 4 saturated carbocycles. The van der Waals surface area contributed by atoms with Crippen molar-refractivity contribution in [1.82, 2.24) is 10.3 Å². The quantitative estimate of drug-likeness (QED) is 0.394. The lowest BCUT2D eigenvalue weighted by molar-refractivity contribution is -0.151. The van der Waals surface area contributed by atoms with Crippen molar-refractivity contribution in [2.24, 2.45) is 23.2 Å². The van der Waals surface area contributed by atoms with E-state index in [2.05, 4.69) is 22.8 Å². The van der Waals surface area contributed by atoms with Crippen LogP contribution in [0.1, 0.15) is 94.7 Å². The molecule has 1 aliphatic heterocycles. The molecule has 0 saturated heterocycles. The first-order valence-corrected chi connectivity index (χ1v) is 13.8. The summed E-state index contributed by atoms with van der Waals surface area (Å²) >= 11 is 0. The van der Waals surface area contributed by atoms with Gasteiger partial charge in [-0.15, -0.1) is 0 Å². The summed E-state index contributed by atoms with van der Waals surface area (Å²) in [5.74, 6) is 2.28. The first-order valence-electron chi connectivity index (χ1n) is 13.8. The molecule has 1 aromatic rings. The Morgan fingerprint density at radius 1 is 1.03 bits per heavy atom. The highest BCUT2D eigenvalue weighted by atomic mass is 16.4. The van der Waals surface area contributed by atoms with Crippen molar-refractivity contribution in [1.29, 1.82) is 0 Å². The van der Waals surface area contributed by atoms with Gasteiger partial charge < -0.3 is 15.7 Å². The number of unbranched alkanes of at least 4 members (excludes halogenated alkanes) is 4. The zero-order valence-corrected chi connectivity index (χ0v) is 20.5. The summed E-state index contributed by atoms with van der Waals surface area (Å²) in [5, 5.41) is 16.1. The minimum Gasteiger partial charge on any atom is -0.480 e. The molecule has 186 valence electrons. The van der Waals surface area contributed by atoms with Gasteiger partial charge in [-0.05, 0) is 100 Å². The van der Waals surface area contributed by atoms with E-state index in [0.29, 0.717) is 24.2 Å². The summed E-state index contributed by atoms with van der Waals surface area (Å²) in [7, 11) is 0. The Bertz CT molecular complexity index is 864. The number of carbonyl (C=O) groups excluding carboxylic acids is 1. The molecule has 5 aliphatic rings. The molecule has 1 atom stereocenters. The van der Waals surface area contributed by atoms with Crippen LogP contribution in [-0.4, -0.2) is 34.6 Å². The summed E-state index contributed by atoms with van der Waals surface area (Å²) in [6.07, 6.45) is 15.8. The number of anilines is 1. The highest BCUT2D eigenvalue weighted by Gasteiger charge is 2.54. The van der Waals surface area contributed by atoms with Crippen molar-refractivity contribution in [3.05, 3.63) is 23.4 Å². The van der Waals surface area contributed by atoms with Gasteiger partial charge in [0.15, 0.2) is 0 Å². The molecule has 6 heteroatoms. The molecular weight excluding hydrogens is 426 g/mol. The molecule has 0 aromatic carbocycles. The molecule has 1 aromatic heterocycles. The van der Waals surface area contributed by atoms with E-state index in [4.69, 9.17) is 4.98 Å². The minimum absolute atomic E-state index is 0.0334. The fourth-order valence-corrected chi connectivity index (χ4v) is 7.65. The van der Waals surface area contributed by atoms with Gasteiger partial charge in [-0.2, -0.15) is 0 Å². The van der Waals surface area contributed by atoms with Gasteiger partial charge in [-0.3, -0.25) is 4.79 Å². The molecule has 3 N–H and O–H groups in total. The number of aliphatic carboxylic acids is 1. The molecule has 34 heavy (non-hydrogen) atoms. The van der Waals surface area contributed by atoms with Crippen LogP contribution in [0, 0.1) is 23.2 Å². The van der Waals surface area contributed by atoms with E-state index < -0.39 is 12.0 Å². The molecule has 2 heterocycles. The number of carbonyl (C=O) groups is 2. The van der Waals surface area contributed by atoms with E-state index in [1.54, 1.807) is 0 Å². The largest absolute Gasteiger partial charge is 0.480 e. The lowest BCUT2D eigenvalue weighted by atomic mass is 9.49. The number of nitrogens with zero attached hydrogens (tertiary/aromatic N) is 1. The number of pyridine rings is 1. The van der Waals surface area contributed by atoms with Gasteiger partial charge in [0.1, 0.15) is 11.9 Å². The predicted octanol–water partition coefficient (Wildman–Crippen LogP) is 5.11. The average molecular weight is 468 g/mol. The highest BCUT2D eigenvalue weighted by molar-refractivity contribution is 5.87. The van der Waals surface area contributed by atoms with E-state index in [1.165, 1.54) is 31.2 Å². The zero-order valence-electron chi connectivity index (χ0n) is 20.5. The summed E-state index contributed by atoms with van der Waals surface area (Å²) in [4.78, 5) is 29.9. The van der Waals surface area contributed by atoms with Crippen LogP contribution < -0.4 is 10.6 Å². The van der Waals surface area contributed by atoms with Crippen LogP contribution in [0.2, 0.25) is 0 Å². The van der Waals surface area contributed by atoms with Crippen molar-refractivity contribution in [2.75, 3.05) is 11.9 Å². The second-order valence-corrected chi connectivity index (χ2v) is 11.7. The number of hydrogen-bond acceptors (Lipinski definition) is 4. The Labute approximate surface area is 203 Å². The third-order valence-electron chi connectivity index (χ3n) is 9.00. The second kappa shape index (κ2) is 10.2. The molecule has 6 rings (SSSR count). The lowest BCUT2D eigenvalue weighted by Crippen LogP contribution is -2.56. The third-order valence-corrected chi connectivity index (χ3v) is 9.00. The van der Waals surface area contributed by atoms with E-state index in [-0.39, 0.29) is 11.3 Å². The van der Waals surface area contributed by atoms with Crippen molar-refractivity contribution in [2.45, 2.75) is 102 Å².